The number of hydrogen-bond acceptors (Lipinski definition) is 2. The molecule has 0 radical (unpaired) electrons. The van der Waals surface area contributed by atoms with Gasteiger partial charge in [0, 0.05) is 19.0 Å². The highest BCUT2D eigenvalue weighted by Crippen LogP contribution is 2.09. The van der Waals surface area contributed by atoms with E-state index in [4.69, 9.17) is 16.3 Å². The van der Waals surface area contributed by atoms with Crippen LogP contribution in [0.5, 0.6) is 0 Å². The number of benzene rings is 1. The van der Waals surface area contributed by atoms with Gasteiger partial charge in [0.2, 0.25) is 0 Å². The fourth-order valence-corrected chi connectivity index (χ4v) is 1.46. The van der Waals surface area contributed by atoms with Gasteiger partial charge in [0.05, 0.1) is 13.2 Å². The second-order valence-corrected chi connectivity index (χ2v) is 3.93. The average molecular weight is 246 g/mol. The van der Waals surface area contributed by atoms with Gasteiger partial charge in [-0.15, -0.1) is 11.6 Å². The van der Waals surface area contributed by atoms with Crippen molar-refractivity contribution in [2.75, 3.05) is 25.6 Å². The Hall–Kier alpha value is -0.640. The first kappa shape index (κ1) is 13.4. The molecule has 0 unspecified atom stereocenters. The Bertz CT molecular complexity index is 320. The number of hydrogen-bond donors (Lipinski definition) is 1. The van der Waals surface area contributed by atoms with Crippen molar-refractivity contribution in [3.05, 3.63) is 35.1 Å². The molecular formula is C12H17ClFNO. The van der Waals surface area contributed by atoms with Crippen LogP contribution < -0.4 is 5.32 Å². The Kier molecular flexibility index (Phi) is 6.38. The van der Waals surface area contributed by atoms with Crippen molar-refractivity contribution in [3.8, 4) is 0 Å². The largest absolute Gasteiger partial charge is 0.379 e. The quantitative estimate of drug-likeness (QED) is 0.589. The van der Waals surface area contributed by atoms with E-state index in [0.717, 1.165) is 17.7 Å². The molecule has 4 heteroatoms. The van der Waals surface area contributed by atoms with Crippen LogP contribution in [-0.2, 0) is 11.3 Å². The summed E-state index contributed by atoms with van der Waals surface area (Å²) >= 11 is 5.46. The van der Waals surface area contributed by atoms with Crippen molar-refractivity contribution in [1.29, 1.82) is 0 Å². The van der Waals surface area contributed by atoms with Crippen molar-refractivity contribution in [2.45, 2.75) is 13.5 Å². The summed E-state index contributed by atoms with van der Waals surface area (Å²) in [5, 5.41) is 3.19. The fraction of sp³-hybridized carbons (Fsp3) is 0.500. The number of aryl methyl sites for hydroxylation is 1. The zero-order valence-corrected chi connectivity index (χ0v) is 10.2. The second-order valence-electron chi connectivity index (χ2n) is 3.55. The first-order valence-corrected chi connectivity index (χ1v) is 5.87. The van der Waals surface area contributed by atoms with E-state index in [0.29, 0.717) is 25.6 Å². The van der Waals surface area contributed by atoms with E-state index < -0.39 is 0 Å². The maximum atomic E-state index is 13.0. The van der Waals surface area contributed by atoms with Crippen LogP contribution >= 0.6 is 11.6 Å². The van der Waals surface area contributed by atoms with Crippen LogP contribution in [0.2, 0.25) is 0 Å². The molecular weight excluding hydrogens is 229 g/mol. The second kappa shape index (κ2) is 7.60. The molecule has 2 nitrogen and oxygen atoms in total. The number of halogens is 2. The van der Waals surface area contributed by atoms with Gasteiger partial charge >= 0.3 is 0 Å². The monoisotopic (exact) mass is 245 g/mol. The highest BCUT2D eigenvalue weighted by atomic mass is 35.5. The maximum absolute atomic E-state index is 13.0. The minimum Gasteiger partial charge on any atom is -0.379 e. The molecule has 0 saturated carbocycles. The first-order chi connectivity index (χ1) is 7.74. The van der Waals surface area contributed by atoms with Crippen LogP contribution in [0.4, 0.5) is 4.39 Å². The Balaban J connectivity index is 2.23. The topological polar surface area (TPSA) is 21.3 Å². The molecule has 0 aliphatic rings. The lowest BCUT2D eigenvalue weighted by atomic mass is 10.1. The summed E-state index contributed by atoms with van der Waals surface area (Å²) in [6, 6.07) is 4.82. The van der Waals surface area contributed by atoms with E-state index in [2.05, 4.69) is 5.32 Å². The summed E-state index contributed by atoms with van der Waals surface area (Å²) in [5.41, 5.74) is 2.08. The van der Waals surface area contributed by atoms with E-state index in [1.54, 1.807) is 12.1 Å². The lowest BCUT2D eigenvalue weighted by Gasteiger charge is -2.08. The minimum atomic E-state index is -0.194. The molecule has 0 aromatic heterocycles. The number of ether oxygens (including phenoxy) is 1. The Labute approximate surface area is 101 Å². The van der Waals surface area contributed by atoms with Gasteiger partial charge in [0.15, 0.2) is 0 Å². The molecule has 1 rings (SSSR count). The molecule has 90 valence electrons. The van der Waals surface area contributed by atoms with Gasteiger partial charge in [0.1, 0.15) is 5.82 Å². The van der Waals surface area contributed by atoms with Gasteiger partial charge in [-0.05, 0) is 30.2 Å². The van der Waals surface area contributed by atoms with Crippen LogP contribution in [0.15, 0.2) is 18.2 Å². The Morgan fingerprint density at radius 3 is 2.94 bits per heavy atom. The maximum Gasteiger partial charge on any atom is 0.123 e. The molecule has 0 aliphatic carbocycles. The van der Waals surface area contributed by atoms with Crippen LogP contribution in [-0.4, -0.2) is 25.6 Å². The van der Waals surface area contributed by atoms with Gasteiger partial charge in [-0.25, -0.2) is 4.39 Å². The van der Waals surface area contributed by atoms with Crippen molar-refractivity contribution < 1.29 is 9.13 Å². The van der Waals surface area contributed by atoms with Gasteiger partial charge < -0.3 is 10.1 Å². The first-order valence-electron chi connectivity index (χ1n) is 5.33. The molecule has 1 N–H and O–H groups in total. The van der Waals surface area contributed by atoms with Gasteiger partial charge in [-0.2, -0.15) is 0 Å². The number of alkyl halides is 1. The third-order valence-corrected chi connectivity index (χ3v) is 2.43. The molecule has 0 aliphatic heterocycles. The molecule has 1 aromatic carbocycles. The van der Waals surface area contributed by atoms with Crippen molar-refractivity contribution >= 4 is 11.6 Å². The highest BCUT2D eigenvalue weighted by molar-refractivity contribution is 6.17. The summed E-state index contributed by atoms with van der Waals surface area (Å²) < 4.78 is 18.2. The minimum absolute atomic E-state index is 0.194. The number of rotatable bonds is 7. The predicted octanol–water partition coefficient (Wildman–Crippen LogP) is 2.48. The van der Waals surface area contributed by atoms with Gasteiger partial charge in [-0.3, -0.25) is 0 Å². The van der Waals surface area contributed by atoms with Crippen molar-refractivity contribution in [1.82, 2.24) is 5.32 Å². The molecule has 16 heavy (non-hydrogen) atoms. The normalized spacial score (nSPS) is 10.7. The van der Waals surface area contributed by atoms with Crippen molar-refractivity contribution in [2.24, 2.45) is 0 Å². The van der Waals surface area contributed by atoms with Crippen LogP contribution in [0, 0.1) is 12.7 Å². The zero-order chi connectivity index (χ0) is 11.8. The van der Waals surface area contributed by atoms with E-state index in [1.807, 2.05) is 6.92 Å². The summed E-state index contributed by atoms with van der Waals surface area (Å²) in [6.07, 6.45) is 0. The Morgan fingerprint density at radius 1 is 1.38 bits per heavy atom. The van der Waals surface area contributed by atoms with E-state index >= 15 is 0 Å². The molecule has 0 atom stereocenters. The smallest absolute Gasteiger partial charge is 0.123 e. The molecule has 0 saturated heterocycles. The molecule has 0 amide bonds. The van der Waals surface area contributed by atoms with E-state index in [1.165, 1.54) is 6.07 Å². The van der Waals surface area contributed by atoms with Crippen LogP contribution in [0.3, 0.4) is 0 Å². The number of nitrogens with one attached hydrogen (secondary N) is 1. The molecule has 1 aromatic rings. The summed E-state index contributed by atoms with van der Waals surface area (Å²) in [6.45, 7) is 4.57. The summed E-state index contributed by atoms with van der Waals surface area (Å²) in [4.78, 5) is 0. The molecule has 0 fully saturated rings. The molecule has 0 spiro atoms. The van der Waals surface area contributed by atoms with E-state index in [-0.39, 0.29) is 5.82 Å². The van der Waals surface area contributed by atoms with E-state index in [9.17, 15) is 4.39 Å². The Morgan fingerprint density at radius 2 is 2.19 bits per heavy atom. The third kappa shape index (κ3) is 4.92. The summed E-state index contributed by atoms with van der Waals surface area (Å²) in [7, 11) is 0. The lowest BCUT2D eigenvalue weighted by Crippen LogP contribution is -2.20. The zero-order valence-electron chi connectivity index (χ0n) is 9.43. The third-order valence-electron chi connectivity index (χ3n) is 2.27. The van der Waals surface area contributed by atoms with Crippen LogP contribution in [0.25, 0.3) is 0 Å². The predicted molar refractivity (Wildman–Crippen MR) is 64.4 cm³/mol. The van der Waals surface area contributed by atoms with Crippen molar-refractivity contribution in [3.63, 3.8) is 0 Å². The standard InChI is InChI=1S/C12H17ClFNO/c1-10-2-3-12(14)8-11(10)9-15-5-7-16-6-4-13/h2-3,8,15H,4-7,9H2,1H3. The highest BCUT2D eigenvalue weighted by Gasteiger charge is 1.99. The SMILES string of the molecule is Cc1ccc(F)cc1CNCCOCCCl. The van der Waals surface area contributed by atoms with Crippen LogP contribution in [0.1, 0.15) is 11.1 Å². The molecule has 0 bridgehead atoms. The van der Waals surface area contributed by atoms with Gasteiger partial charge in [-0.1, -0.05) is 6.07 Å². The molecule has 0 heterocycles. The van der Waals surface area contributed by atoms with Gasteiger partial charge in [0.25, 0.3) is 0 Å². The lowest BCUT2D eigenvalue weighted by molar-refractivity contribution is 0.151. The summed E-state index contributed by atoms with van der Waals surface area (Å²) in [5.74, 6) is 0.323. The fourth-order valence-electron chi connectivity index (χ4n) is 1.35. The average Bonchev–Trinajstić information content (AvgIpc) is 2.28.